The van der Waals surface area contributed by atoms with E-state index in [1.165, 1.54) is 4.52 Å². The third kappa shape index (κ3) is 3.64. The van der Waals surface area contributed by atoms with Gasteiger partial charge in [0.05, 0.1) is 11.3 Å². The number of aromatic amines is 1. The number of fused-ring (bicyclic) bond motifs is 1. The van der Waals surface area contributed by atoms with E-state index in [1.54, 1.807) is 30.5 Å². The second-order valence-corrected chi connectivity index (χ2v) is 8.76. The molecule has 2 aromatic heterocycles. The van der Waals surface area contributed by atoms with E-state index in [9.17, 15) is 10.1 Å². The highest BCUT2D eigenvalue weighted by Gasteiger charge is 2.27. The lowest BCUT2D eigenvalue weighted by molar-refractivity contribution is 0.493. The molecule has 1 saturated heterocycles. The molecule has 6 nitrogen and oxygen atoms in total. The lowest BCUT2D eigenvalue weighted by Gasteiger charge is -2.33. The van der Waals surface area contributed by atoms with Crippen molar-refractivity contribution in [3.63, 3.8) is 0 Å². The number of piperidine rings is 1. The van der Waals surface area contributed by atoms with Crippen LogP contribution in [-0.4, -0.2) is 27.7 Å². The summed E-state index contributed by atoms with van der Waals surface area (Å²) in [5.41, 5.74) is 3.65. The molecule has 1 fully saturated rings. The van der Waals surface area contributed by atoms with E-state index in [4.69, 9.17) is 23.2 Å². The second kappa shape index (κ2) is 8.34. The van der Waals surface area contributed by atoms with Gasteiger partial charge in [0.25, 0.3) is 5.56 Å². The zero-order valence-corrected chi connectivity index (χ0v) is 18.6. The Balaban J connectivity index is 1.46. The van der Waals surface area contributed by atoms with E-state index >= 15 is 0 Å². The number of aromatic nitrogens is 3. The van der Waals surface area contributed by atoms with Crippen molar-refractivity contribution in [3.8, 4) is 17.2 Å². The molecule has 4 aromatic rings. The molecule has 0 unspecified atom stereocenters. The van der Waals surface area contributed by atoms with Gasteiger partial charge in [0.1, 0.15) is 11.6 Å². The first-order valence-corrected chi connectivity index (χ1v) is 11.1. The summed E-state index contributed by atoms with van der Waals surface area (Å²) in [6.07, 6.45) is 3.33. The zero-order chi connectivity index (χ0) is 22.2. The Morgan fingerprint density at radius 2 is 1.62 bits per heavy atom. The lowest BCUT2D eigenvalue weighted by Crippen LogP contribution is -2.33. The van der Waals surface area contributed by atoms with E-state index in [0.29, 0.717) is 27.5 Å². The van der Waals surface area contributed by atoms with Crippen LogP contribution < -0.4 is 10.5 Å². The molecular weight excluding hydrogens is 445 g/mol. The van der Waals surface area contributed by atoms with E-state index in [-0.39, 0.29) is 11.5 Å². The molecule has 0 spiro atoms. The summed E-state index contributed by atoms with van der Waals surface area (Å²) in [7, 11) is 0. The maximum Gasteiger partial charge on any atom is 0.282 e. The van der Waals surface area contributed by atoms with Crippen LogP contribution in [-0.2, 0) is 0 Å². The highest BCUT2D eigenvalue weighted by Crippen LogP contribution is 2.33. The van der Waals surface area contributed by atoms with Crippen molar-refractivity contribution in [2.24, 2.45) is 0 Å². The minimum absolute atomic E-state index is 0.111. The quantitative estimate of drug-likeness (QED) is 0.449. The fourth-order valence-electron chi connectivity index (χ4n) is 4.33. The van der Waals surface area contributed by atoms with Gasteiger partial charge < -0.3 is 9.88 Å². The van der Waals surface area contributed by atoms with Crippen molar-refractivity contribution in [3.05, 3.63) is 86.4 Å². The highest BCUT2D eigenvalue weighted by molar-refractivity contribution is 6.30. The molecule has 2 aromatic carbocycles. The van der Waals surface area contributed by atoms with E-state index in [2.05, 4.69) is 21.1 Å². The van der Waals surface area contributed by atoms with Crippen LogP contribution in [0.25, 0.3) is 16.8 Å². The van der Waals surface area contributed by atoms with Crippen molar-refractivity contribution in [1.82, 2.24) is 14.6 Å². The molecule has 32 heavy (non-hydrogen) atoms. The van der Waals surface area contributed by atoms with Gasteiger partial charge in [-0.05, 0) is 54.8 Å². The van der Waals surface area contributed by atoms with Gasteiger partial charge in [0.2, 0.25) is 0 Å². The molecular formula is C24H19Cl2N5O. The SMILES string of the molecule is N#Cc1c(C2CCN(c3ccc(Cl)cc3)CC2)nn2c(=O)c(-c3ccc(Cl)cc3)c[nH]c12. The predicted molar refractivity (Wildman–Crippen MR) is 127 cm³/mol. The number of nitriles is 1. The summed E-state index contributed by atoms with van der Waals surface area (Å²) < 4.78 is 1.32. The Morgan fingerprint density at radius 3 is 2.25 bits per heavy atom. The average molecular weight is 464 g/mol. The smallest absolute Gasteiger partial charge is 0.282 e. The first-order valence-electron chi connectivity index (χ1n) is 10.4. The molecule has 0 radical (unpaired) electrons. The molecule has 8 heteroatoms. The Bertz CT molecular complexity index is 1380. The fourth-order valence-corrected chi connectivity index (χ4v) is 4.58. The van der Waals surface area contributed by atoms with E-state index in [1.807, 2.05) is 24.3 Å². The number of benzene rings is 2. The van der Waals surface area contributed by atoms with Crippen LogP contribution in [0.1, 0.15) is 30.0 Å². The molecule has 5 rings (SSSR count). The minimum Gasteiger partial charge on any atom is -0.371 e. The maximum absolute atomic E-state index is 13.2. The third-order valence-electron chi connectivity index (χ3n) is 6.03. The number of rotatable bonds is 3. The number of anilines is 1. The molecule has 160 valence electrons. The number of H-pyrrole nitrogens is 1. The Hall–Kier alpha value is -3.27. The van der Waals surface area contributed by atoms with Crippen molar-refractivity contribution in [2.75, 3.05) is 18.0 Å². The summed E-state index contributed by atoms with van der Waals surface area (Å²) in [5, 5.41) is 15.8. The topological polar surface area (TPSA) is 77.2 Å². The molecule has 1 aliphatic rings. The highest BCUT2D eigenvalue weighted by atomic mass is 35.5. The number of hydrogen-bond acceptors (Lipinski definition) is 4. The molecule has 1 aliphatic heterocycles. The Kier molecular flexibility index (Phi) is 5.38. The first kappa shape index (κ1) is 20.6. The van der Waals surface area contributed by atoms with Gasteiger partial charge >= 0.3 is 0 Å². The van der Waals surface area contributed by atoms with Gasteiger partial charge in [0, 0.05) is 40.9 Å². The first-order chi connectivity index (χ1) is 15.5. The van der Waals surface area contributed by atoms with Gasteiger partial charge in [-0.2, -0.15) is 14.9 Å². The summed E-state index contributed by atoms with van der Waals surface area (Å²) in [4.78, 5) is 18.6. The van der Waals surface area contributed by atoms with Crippen molar-refractivity contribution in [1.29, 1.82) is 5.26 Å². The van der Waals surface area contributed by atoms with Crippen molar-refractivity contribution < 1.29 is 0 Å². The molecule has 0 amide bonds. The Labute approximate surface area is 194 Å². The normalized spacial score (nSPS) is 14.6. The summed E-state index contributed by atoms with van der Waals surface area (Å²) >= 11 is 12.0. The average Bonchev–Trinajstić information content (AvgIpc) is 3.20. The number of nitrogens with one attached hydrogen (secondary N) is 1. The van der Waals surface area contributed by atoms with Crippen LogP contribution >= 0.6 is 23.2 Å². The van der Waals surface area contributed by atoms with Gasteiger partial charge in [-0.15, -0.1) is 0 Å². The van der Waals surface area contributed by atoms with E-state index in [0.717, 1.165) is 42.2 Å². The zero-order valence-electron chi connectivity index (χ0n) is 17.1. The second-order valence-electron chi connectivity index (χ2n) is 7.88. The summed E-state index contributed by atoms with van der Waals surface area (Å²) in [6.45, 7) is 1.68. The number of halogens is 2. The van der Waals surface area contributed by atoms with Crippen molar-refractivity contribution in [2.45, 2.75) is 18.8 Å². The maximum atomic E-state index is 13.2. The molecule has 3 heterocycles. The monoisotopic (exact) mass is 463 g/mol. The third-order valence-corrected chi connectivity index (χ3v) is 6.53. The molecule has 0 bridgehead atoms. The van der Waals surface area contributed by atoms with Crippen LogP contribution in [0.4, 0.5) is 5.69 Å². The largest absolute Gasteiger partial charge is 0.371 e. The van der Waals surface area contributed by atoms with Crippen LogP contribution in [0.5, 0.6) is 0 Å². The van der Waals surface area contributed by atoms with Gasteiger partial charge in [-0.1, -0.05) is 35.3 Å². The standard InChI is InChI=1S/C24H19Cl2N5O/c25-17-3-1-15(2-4-17)21-14-28-23-20(13-27)22(29-31(23)24(21)32)16-9-11-30(12-10-16)19-7-5-18(26)6-8-19/h1-8,14,16,28H,9-12H2. The molecule has 0 aliphatic carbocycles. The Morgan fingerprint density at radius 1 is 1.00 bits per heavy atom. The van der Waals surface area contributed by atoms with Crippen LogP contribution in [0.2, 0.25) is 10.0 Å². The lowest BCUT2D eigenvalue weighted by atomic mass is 9.91. The van der Waals surface area contributed by atoms with Gasteiger partial charge in [0.15, 0.2) is 5.65 Å². The molecule has 1 N–H and O–H groups in total. The minimum atomic E-state index is -0.262. The van der Waals surface area contributed by atoms with Crippen molar-refractivity contribution >= 4 is 34.5 Å². The van der Waals surface area contributed by atoms with Crippen LogP contribution in [0.3, 0.4) is 0 Å². The molecule has 0 atom stereocenters. The van der Waals surface area contributed by atoms with Gasteiger partial charge in [-0.3, -0.25) is 4.79 Å². The number of hydrogen-bond donors (Lipinski definition) is 1. The van der Waals surface area contributed by atoms with Crippen LogP contribution in [0, 0.1) is 11.3 Å². The fraction of sp³-hybridized carbons (Fsp3) is 0.208. The summed E-state index contributed by atoms with van der Waals surface area (Å²) in [6, 6.07) is 17.1. The predicted octanol–water partition coefficient (Wildman–Crippen LogP) is 5.25. The number of nitrogens with zero attached hydrogens (tertiary/aromatic N) is 4. The molecule has 0 saturated carbocycles. The van der Waals surface area contributed by atoms with E-state index < -0.39 is 0 Å². The van der Waals surface area contributed by atoms with Crippen LogP contribution in [0.15, 0.2) is 59.5 Å². The van der Waals surface area contributed by atoms with Gasteiger partial charge in [-0.25, -0.2) is 0 Å². The summed E-state index contributed by atoms with van der Waals surface area (Å²) in [5.74, 6) is 0.111.